The van der Waals surface area contributed by atoms with Crippen molar-refractivity contribution in [2.24, 2.45) is 0 Å². The molecular weight excluding hydrogens is 440 g/mol. The monoisotopic (exact) mass is 438 g/mol. The van der Waals surface area contributed by atoms with Crippen LogP contribution in [0.3, 0.4) is 0 Å². The molecule has 0 saturated heterocycles. The third-order valence-electron chi connectivity index (χ3n) is 0. The third-order valence-corrected chi connectivity index (χ3v) is 0. The minimum Gasteiger partial charge on any atom is -2.00 e. The van der Waals surface area contributed by atoms with Gasteiger partial charge in [-0.15, -0.1) is 0 Å². The first-order valence-corrected chi connectivity index (χ1v) is 0. The topological polar surface area (TPSA) is 28.5 Å². The molecule has 4 heavy (non-hydrogen) atoms. The van der Waals surface area contributed by atoms with Gasteiger partial charge in [0.2, 0.25) is 0 Å². The van der Waals surface area contributed by atoms with Gasteiger partial charge in [-0.25, -0.2) is 0 Å². The van der Waals surface area contributed by atoms with Gasteiger partial charge >= 0.3 is 118 Å². The normalized spacial score (nSPS) is 0. The Morgan fingerprint density at radius 2 is 1.00 bits per heavy atom. The minimum absolute atomic E-state index is 0. The van der Waals surface area contributed by atoms with Crippen LogP contribution in [0.15, 0.2) is 0 Å². The second kappa shape index (κ2) is 15.8. The van der Waals surface area contributed by atoms with Gasteiger partial charge in [0.1, 0.15) is 0 Å². The van der Waals surface area contributed by atoms with Gasteiger partial charge in [0.25, 0.3) is 0 Å². The van der Waals surface area contributed by atoms with Crippen LogP contribution in [0.2, 0.25) is 0 Å². The summed E-state index contributed by atoms with van der Waals surface area (Å²) in [6.45, 7) is 0. The molecule has 0 aromatic carbocycles. The molecule has 0 fully saturated rings. The van der Waals surface area contributed by atoms with Crippen molar-refractivity contribution in [3.05, 3.63) is 0 Å². The van der Waals surface area contributed by atoms with E-state index in [9.17, 15) is 0 Å². The average molecular weight is 440 g/mol. The molecule has 0 N–H and O–H groups in total. The van der Waals surface area contributed by atoms with Gasteiger partial charge in [0, 0.05) is 0 Å². The summed E-state index contributed by atoms with van der Waals surface area (Å²) in [7, 11) is 0. The fourth-order valence-electron chi connectivity index (χ4n) is 0. The zero-order valence-corrected chi connectivity index (χ0v) is 12.6. The second-order valence-electron chi connectivity index (χ2n) is 0. The predicted octanol–water partition coefficient (Wildman–Crippen LogP) is -0.119. The van der Waals surface area contributed by atoms with E-state index in [1.807, 2.05) is 0 Å². The Morgan fingerprint density at radius 3 is 1.00 bits per heavy atom. The fraction of sp³-hybridized carbons (Fsp3) is 0. The SMILES string of the molecule is [La+3].[Nd+3].[O-2].[Pr+3]. The van der Waals surface area contributed by atoms with Crippen LogP contribution in [-0.2, 0) is 5.48 Å². The van der Waals surface area contributed by atoms with Crippen LogP contribution in [0.4, 0.5) is 0 Å². The molecule has 0 aliphatic carbocycles. The second-order valence-corrected chi connectivity index (χ2v) is 0. The quantitative estimate of drug-likeness (QED) is 0.503. The summed E-state index contributed by atoms with van der Waals surface area (Å²) < 4.78 is 0. The molecule has 4 heteroatoms. The summed E-state index contributed by atoms with van der Waals surface area (Å²) >= 11 is 0. The van der Waals surface area contributed by atoms with E-state index in [1.165, 1.54) is 0 Å². The molecule has 0 aliphatic heterocycles. The van der Waals surface area contributed by atoms with E-state index in [0.29, 0.717) is 0 Å². The smallest absolute Gasteiger partial charge is 2.00 e. The molecule has 1 nitrogen and oxygen atoms in total. The maximum absolute atomic E-state index is 0. The van der Waals surface area contributed by atoms with Crippen LogP contribution in [0.1, 0.15) is 0 Å². The molecule has 0 aromatic heterocycles. The van der Waals surface area contributed by atoms with E-state index in [4.69, 9.17) is 0 Å². The zero-order valence-electron chi connectivity index (χ0n) is 2.06. The van der Waals surface area contributed by atoms with Gasteiger partial charge in [0.15, 0.2) is 0 Å². The molecule has 0 spiro atoms. The van der Waals surface area contributed by atoms with Crippen LogP contribution < -0.4 is 0 Å². The summed E-state index contributed by atoms with van der Waals surface area (Å²) in [6, 6.07) is 0. The molecule has 0 saturated carbocycles. The van der Waals surface area contributed by atoms with Crippen molar-refractivity contribution in [2.45, 2.75) is 0 Å². The standard InChI is InChI=1S/La.Nd.O.Pr/q2*+3;-2;+3. The van der Waals surface area contributed by atoms with Crippen molar-refractivity contribution >= 4 is 0 Å². The molecule has 0 heterocycles. The molecule has 0 unspecified atom stereocenters. The van der Waals surface area contributed by atoms with Crippen molar-refractivity contribution in [1.82, 2.24) is 0 Å². The van der Waals surface area contributed by atoms with Gasteiger partial charge < -0.3 is 5.48 Å². The van der Waals surface area contributed by atoms with Crippen LogP contribution in [-0.4, -0.2) is 0 Å². The predicted molar refractivity (Wildman–Crippen MR) is 0.686 cm³/mol. The molecule has 0 amide bonds. The average Bonchev–Trinajstić information content (AvgIpc) is 0. The van der Waals surface area contributed by atoms with E-state index >= 15 is 0 Å². The van der Waals surface area contributed by atoms with Crippen molar-refractivity contribution in [3.63, 3.8) is 0 Å². The van der Waals surface area contributed by atoms with Crippen molar-refractivity contribution in [2.75, 3.05) is 0 Å². The van der Waals surface area contributed by atoms with E-state index in [1.54, 1.807) is 0 Å². The largest absolute Gasteiger partial charge is 3.00 e. The Kier molecular flexibility index (Phi) is 98.0. The number of hydrogen-bond donors (Lipinski definition) is 0. The van der Waals surface area contributed by atoms with Crippen molar-refractivity contribution in [1.29, 1.82) is 0 Å². The maximum Gasteiger partial charge on any atom is 3.00 e. The van der Waals surface area contributed by atoms with Crippen LogP contribution in [0, 0.1) is 118 Å². The molecular formula is LaNdOPr+7. The van der Waals surface area contributed by atoms with Gasteiger partial charge in [0.05, 0.1) is 0 Å². The van der Waals surface area contributed by atoms with Gasteiger partial charge in [-0.05, 0) is 0 Å². The third kappa shape index (κ3) is 9.29. The van der Waals surface area contributed by atoms with Gasteiger partial charge in [-0.1, -0.05) is 0 Å². The minimum atomic E-state index is 0. The molecule has 0 aromatic rings. The first kappa shape index (κ1) is 24.8. The van der Waals surface area contributed by atoms with Crippen LogP contribution >= 0.6 is 0 Å². The number of hydrogen-bond acceptors (Lipinski definition) is 0. The summed E-state index contributed by atoms with van der Waals surface area (Å²) in [5, 5.41) is 0. The number of rotatable bonds is 0. The Morgan fingerprint density at radius 1 is 1.00 bits per heavy atom. The molecule has 1 radical (unpaired) electrons. The van der Waals surface area contributed by atoms with Gasteiger partial charge in [-0.2, -0.15) is 0 Å². The molecule has 9 valence electrons. The van der Waals surface area contributed by atoms with E-state index in [-0.39, 0.29) is 123 Å². The molecule has 0 rings (SSSR count). The summed E-state index contributed by atoms with van der Waals surface area (Å²) in [4.78, 5) is 0. The van der Waals surface area contributed by atoms with E-state index in [0.717, 1.165) is 0 Å². The Bertz CT molecular complexity index is 8.00. The van der Waals surface area contributed by atoms with Crippen LogP contribution in [0.5, 0.6) is 0 Å². The fourth-order valence-corrected chi connectivity index (χ4v) is 0. The first-order chi connectivity index (χ1) is 0. The first-order valence-electron chi connectivity index (χ1n) is 0. The maximum atomic E-state index is 0. The summed E-state index contributed by atoms with van der Waals surface area (Å²) in [6.07, 6.45) is 0. The summed E-state index contributed by atoms with van der Waals surface area (Å²) in [5.74, 6) is 0. The summed E-state index contributed by atoms with van der Waals surface area (Å²) in [5.41, 5.74) is 0. The molecule has 0 bridgehead atoms. The van der Waals surface area contributed by atoms with Crippen molar-refractivity contribution in [3.8, 4) is 0 Å². The Balaban J connectivity index is 0. The molecule has 0 atom stereocenters. The van der Waals surface area contributed by atoms with Crippen LogP contribution in [0.25, 0.3) is 0 Å². The van der Waals surface area contributed by atoms with Gasteiger partial charge in [-0.3, -0.25) is 0 Å². The van der Waals surface area contributed by atoms with E-state index in [2.05, 4.69) is 0 Å². The molecule has 0 aliphatic rings. The zero-order chi connectivity index (χ0) is 0. The van der Waals surface area contributed by atoms with E-state index < -0.39 is 0 Å². The Labute approximate surface area is 119 Å². The van der Waals surface area contributed by atoms with Crippen molar-refractivity contribution < 1.29 is 123 Å². The Hall–Kier alpha value is 3.87.